The van der Waals surface area contributed by atoms with Crippen molar-refractivity contribution in [3.8, 4) is 11.5 Å². The zero-order chi connectivity index (χ0) is 11.4. The van der Waals surface area contributed by atoms with Crippen molar-refractivity contribution >= 4 is 0 Å². The molecule has 0 unspecified atom stereocenters. The predicted molar refractivity (Wildman–Crippen MR) is 59.3 cm³/mol. The molecule has 1 aromatic heterocycles. The smallest absolute Gasteiger partial charge is 0.345 e. The SMILES string of the molecule is NCc1ccccc1Oc1cnc(=O)[nH]c1. The van der Waals surface area contributed by atoms with Gasteiger partial charge < -0.3 is 15.5 Å². The number of hydrogen-bond acceptors (Lipinski definition) is 4. The number of nitrogens with one attached hydrogen (secondary N) is 1. The van der Waals surface area contributed by atoms with Crippen LogP contribution in [0, 0.1) is 0 Å². The lowest BCUT2D eigenvalue weighted by atomic mass is 10.2. The summed E-state index contributed by atoms with van der Waals surface area (Å²) in [6, 6.07) is 7.44. The third kappa shape index (κ3) is 2.26. The molecular formula is C11H11N3O2. The van der Waals surface area contributed by atoms with E-state index in [-0.39, 0.29) is 0 Å². The molecule has 0 aliphatic heterocycles. The summed E-state index contributed by atoms with van der Waals surface area (Å²) in [5, 5.41) is 0. The quantitative estimate of drug-likeness (QED) is 0.804. The zero-order valence-electron chi connectivity index (χ0n) is 8.51. The number of hydrogen-bond donors (Lipinski definition) is 2. The van der Waals surface area contributed by atoms with Crippen LogP contribution in [0.4, 0.5) is 0 Å². The van der Waals surface area contributed by atoms with Crippen molar-refractivity contribution in [3.63, 3.8) is 0 Å². The number of nitrogens with two attached hydrogens (primary N) is 1. The van der Waals surface area contributed by atoms with E-state index in [1.807, 2.05) is 24.3 Å². The number of nitrogens with zero attached hydrogens (tertiary/aromatic N) is 1. The Morgan fingerprint density at radius 3 is 2.88 bits per heavy atom. The maximum absolute atomic E-state index is 10.8. The van der Waals surface area contributed by atoms with Crippen LogP contribution in [0.25, 0.3) is 0 Å². The van der Waals surface area contributed by atoms with Crippen LogP contribution in [0.15, 0.2) is 41.5 Å². The van der Waals surface area contributed by atoms with Crippen LogP contribution in [0.3, 0.4) is 0 Å². The molecule has 5 heteroatoms. The Morgan fingerprint density at radius 1 is 1.38 bits per heavy atom. The summed E-state index contributed by atoms with van der Waals surface area (Å²) in [6.07, 6.45) is 2.83. The minimum atomic E-state index is -0.403. The predicted octanol–water partition coefficient (Wildman–Crippen LogP) is 1.02. The highest BCUT2D eigenvalue weighted by Gasteiger charge is 2.02. The topological polar surface area (TPSA) is 81.0 Å². The molecule has 0 saturated heterocycles. The van der Waals surface area contributed by atoms with Crippen LogP contribution in [-0.2, 0) is 6.54 Å². The Labute approximate surface area is 91.9 Å². The molecule has 2 aromatic rings. The molecule has 0 amide bonds. The van der Waals surface area contributed by atoms with Crippen LogP contribution >= 0.6 is 0 Å². The lowest BCUT2D eigenvalue weighted by Gasteiger charge is -2.08. The van der Waals surface area contributed by atoms with Gasteiger partial charge in [-0.05, 0) is 6.07 Å². The minimum Gasteiger partial charge on any atom is -0.454 e. The molecule has 0 aliphatic carbocycles. The van der Waals surface area contributed by atoms with Crippen molar-refractivity contribution in [2.75, 3.05) is 0 Å². The van der Waals surface area contributed by atoms with Gasteiger partial charge in [0.05, 0.1) is 12.4 Å². The Kier molecular flexibility index (Phi) is 2.98. The number of benzene rings is 1. The molecule has 5 nitrogen and oxygen atoms in total. The van der Waals surface area contributed by atoms with E-state index in [2.05, 4.69) is 9.97 Å². The molecule has 0 bridgehead atoms. The molecule has 3 N–H and O–H groups in total. The number of ether oxygens (including phenoxy) is 1. The lowest BCUT2D eigenvalue weighted by Crippen LogP contribution is -2.08. The maximum Gasteiger partial charge on any atom is 0.345 e. The standard InChI is InChI=1S/C11H11N3O2/c12-5-8-3-1-2-4-10(8)16-9-6-13-11(15)14-7-9/h1-4,6-7H,5,12H2,(H,13,14,15). The molecule has 0 aliphatic rings. The Bertz CT molecular complexity index is 516. The first-order valence-electron chi connectivity index (χ1n) is 4.80. The second-order valence-corrected chi connectivity index (χ2v) is 3.17. The molecule has 0 atom stereocenters. The molecule has 0 saturated carbocycles. The summed E-state index contributed by atoms with van der Waals surface area (Å²) in [6.45, 7) is 0.396. The van der Waals surface area contributed by atoms with E-state index in [4.69, 9.17) is 10.5 Å². The summed E-state index contributed by atoms with van der Waals surface area (Å²) >= 11 is 0. The molecule has 2 rings (SSSR count). The summed E-state index contributed by atoms with van der Waals surface area (Å²) in [5.74, 6) is 1.14. The van der Waals surface area contributed by atoms with Gasteiger partial charge in [-0.25, -0.2) is 4.79 Å². The van der Waals surface area contributed by atoms with Gasteiger partial charge in [-0.1, -0.05) is 18.2 Å². The molecule has 1 aromatic carbocycles. The zero-order valence-corrected chi connectivity index (χ0v) is 8.51. The number of para-hydroxylation sites is 1. The van der Waals surface area contributed by atoms with E-state index in [1.165, 1.54) is 12.4 Å². The van der Waals surface area contributed by atoms with Gasteiger partial charge in [0, 0.05) is 12.1 Å². The third-order valence-corrected chi connectivity index (χ3v) is 2.07. The van der Waals surface area contributed by atoms with Crippen LogP contribution in [0.2, 0.25) is 0 Å². The minimum absolute atomic E-state index is 0.396. The summed E-state index contributed by atoms with van der Waals surface area (Å²) in [5.41, 5.74) is 6.07. The van der Waals surface area contributed by atoms with Gasteiger partial charge in [0.25, 0.3) is 0 Å². The average Bonchev–Trinajstić information content (AvgIpc) is 2.33. The molecular weight excluding hydrogens is 206 g/mol. The van der Waals surface area contributed by atoms with E-state index in [9.17, 15) is 4.79 Å². The van der Waals surface area contributed by atoms with Gasteiger partial charge in [0.2, 0.25) is 0 Å². The van der Waals surface area contributed by atoms with E-state index < -0.39 is 5.69 Å². The molecule has 82 valence electrons. The summed E-state index contributed by atoms with van der Waals surface area (Å²) < 4.78 is 5.54. The first-order chi connectivity index (χ1) is 7.79. The van der Waals surface area contributed by atoms with Crippen molar-refractivity contribution in [1.82, 2.24) is 9.97 Å². The van der Waals surface area contributed by atoms with Crippen LogP contribution in [0.1, 0.15) is 5.56 Å². The van der Waals surface area contributed by atoms with Gasteiger partial charge in [0.1, 0.15) is 5.75 Å². The van der Waals surface area contributed by atoms with Crippen molar-refractivity contribution in [2.45, 2.75) is 6.54 Å². The second-order valence-electron chi connectivity index (χ2n) is 3.17. The number of aromatic nitrogens is 2. The Morgan fingerprint density at radius 2 is 2.19 bits per heavy atom. The van der Waals surface area contributed by atoms with E-state index in [0.29, 0.717) is 18.0 Å². The number of H-pyrrole nitrogens is 1. The van der Waals surface area contributed by atoms with E-state index in [1.54, 1.807) is 0 Å². The fourth-order valence-electron chi connectivity index (χ4n) is 1.28. The van der Waals surface area contributed by atoms with Crippen molar-refractivity contribution < 1.29 is 4.74 Å². The highest BCUT2D eigenvalue weighted by atomic mass is 16.5. The van der Waals surface area contributed by atoms with Crippen LogP contribution in [0.5, 0.6) is 11.5 Å². The number of rotatable bonds is 3. The van der Waals surface area contributed by atoms with Gasteiger partial charge in [-0.2, -0.15) is 4.98 Å². The molecule has 1 heterocycles. The highest BCUT2D eigenvalue weighted by Crippen LogP contribution is 2.23. The fourth-order valence-corrected chi connectivity index (χ4v) is 1.28. The van der Waals surface area contributed by atoms with Crippen molar-refractivity contribution in [3.05, 3.63) is 52.7 Å². The van der Waals surface area contributed by atoms with Gasteiger partial charge in [-0.15, -0.1) is 0 Å². The lowest BCUT2D eigenvalue weighted by molar-refractivity contribution is 0.470. The molecule has 0 fully saturated rings. The van der Waals surface area contributed by atoms with Crippen molar-refractivity contribution in [2.24, 2.45) is 5.73 Å². The fraction of sp³-hybridized carbons (Fsp3) is 0.0909. The van der Waals surface area contributed by atoms with Crippen molar-refractivity contribution in [1.29, 1.82) is 0 Å². The highest BCUT2D eigenvalue weighted by molar-refractivity contribution is 5.36. The third-order valence-electron chi connectivity index (χ3n) is 2.07. The average molecular weight is 217 g/mol. The molecule has 0 spiro atoms. The summed E-state index contributed by atoms with van der Waals surface area (Å²) in [7, 11) is 0. The van der Waals surface area contributed by atoms with E-state index in [0.717, 1.165) is 5.56 Å². The molecule has 0 radical (unpaired) electrons. The largest absolute Gasteiger partial charge is 0.454 e. The van der Waals surface area contributed by atoms with Crippen LogP contribution in [-0.4, -0.2) is 9.97 Å². The van der Waals surface area contributed by atoms with Crippen LogP contribution < -0.4 is 16.2 Å². The first-order valence-corrected chi connectivity index (χ1v) is 4.80. The normalized spacial score (nSPS) is 10.1. The maximum atomic E-state index is 10.8. The van der Waals surface area contributed by atoms with E-state index >= 15 is 0 Å². The Balaban J connectivity index is 2.26. The Hall–Kier alpha value is -2.14. The van der Waals surface area contributed by atoms with Gasteiger partial charge in [-0.3, -0.25) is 0 Å². The molecule has 16 heavy (non-hydrogen) atoms. The first kappa shape index (κ1) is 10.4. The van der Waals surface area contributed by atoms with Gasteiger partial charge in [0.15, 0.2) is 5.75 Å². The number of aromatic amines is 1. The summed E-state index contributed by atoms with van der Waals surface area (Å²) in [4.78, 5) is 16.8. The van der Waals surface area contributed by atoms with Gasteiger partial charge >= 0.3 is 5.69 Å². The second kappa shape index (κ2) is 4.59. The monoisotopic (exact) mass is 217 g/mol.